The predicted molar refractivity (Wildman–Crippen MR) is 87.3 cm³/mol. The van der Waals surface area contributed by atoms with E-state index in [0.717, 1.165) is 32.2 Å². The lowest BCUT2D eigenvalue weighted by Gasteiger charge is -2.37. The largest absolute Gasteiger partial charge is 0.394 e. The lowest BCUT2D eigenvalue weighted by atomic mass is 9.84. The number of sulfone groups is 1. The van der Waals surface area contributed by atoms with Crippen LogP contribution in [-0.4, -0.2) is 68.8 Å². The van der Waals surface area contributed by atoms with E-state index in [2.05, 4.69) is 24.1 Å². The molecule has 1 saturated carbocycles. The second-order valence-electron chi connectivity index (χ2n) is 6.92. The van der Waals surface area contributed by atoms with Crippen molar-refractivity contribution >= 4 is 9.84 Å². The third-order valence-electron chi connectivity index (χ3n) is 4.52. The van der Waals surface area contributed by atoms with Crippen LogP contribution in [0.3, 0.4) is 0 Å². The Morgan fingerprint density at radius 2 is 2.05 bits per heavy atom. The van der Waals surface area contributed by atoms with Crippen molar-refractivity contribution in [1.82, 2.24) is 10.2 Å². The molecule has 1 aliphatic rings. The predicted octanol–water partition coefficient (Wildman–Crippen LogP) is 0.882. The van der Waals surface area contributed by atoms with Crippen molar-refractivity contribution in [3.63, 3.8) is 0 Å². The number of nitrogens with zero attached hydrogens (tertiary/aromatic N) is 1. The van der Waals surface area contributed by atoms with Crippen molar-refractivity contribution in [2.75, 3.05) is 38.8 Å². The molecule has 0 aromatic heterocycles. The van der Waals surface area contributed by atoms with Crippen LogP contribution in [0.25, 0.3) is 0 Å². The van der Waals surface area contributed by atoms with E-state index in [1.807, 2.05) is 7.05 Å². The lowest BCUT2D eigenvalue weighted by molar-refractivity contribution is 0.105. The van der Waals surface area contributed by atoms with Crippen molar-refractivity contribution in [2.24, 2.45) is 5.92 Å². The molecule has 21 heavy (non-hydrogen) atoms. The topological polar surface area (TPSA) is 69.6 Å². The molecule has 0 radical (unpaired) electrons. The van der Waals surface area contributed by atoms with Gasteiger partial charge in [-0.05, 0) is 38.8 Å². The van der Waals surface area contributed by atoms with E-state index in [-0.39, 0.29) is 17.9 Å². The molecule has 5 nitrogen and oxygen atoms in total. The molecule has 1 aliphatic carbocycles. The lowest BCUT2D eigenvalue weighted by Crippen LogP contribution is -2.54. The molecule has 2 N–H and O–H groups in total. The average Bonchev–Trinajstić information content (AvgIpc) is 2.75. The van der Waals surface area contributed by atoms with Crippen LogP contribution in [0.5, 0.6) is 0 Å². The summed E-state index contributed by atoms with van der Waals surface area (Å²) >= 11 is 0. The van der Waals surface area contributed by atoms with Crippen LogP contribution in [0.1, 0.15) is 39.5 Å². The van der Waals surface area contributed by atoms with Gasteiger partial charge in [0.25, 0.3) is 0 Å². The minimum Gasteiger partial charge on any atom is -0.394 e. The third-order valence-corrected chi connectivity index (χ3v) is 5.44. The normalized spacial score (nSPS) is 26.9. The molecule has 0 aromatic rings. The van der Waals surface area contributed by atoms with Gasteiger partial charge < -0.3 is 15.3 Å². The summed E-state index contributed by atoms with van der Waals surface area (Å²) in [7, 11) is -0.925. The van der Waals surface area contributed by atoms with E-state index in [0.29, 0.717) is 18.5 Å². The van der Waals surface area contributed by atoms with Gasteiger partial charge in [0.05, 0.1) is 12.4 Å². The molecule has 0 amide bonds. The summed E-state index contributed by atoms with van der Waals surface area (Å²) in [6.45, 7) is 5.87. The Balaban J connectivity index is 2.49. The van der Waals surface area contributed by atoms with E-state index in [1.165, 1.54) is 6.26 Å². The van der Waals surface area contributed by atoms with E-state index in [1.54, 1.807) is 0 Å². The fourth-order valence-corrected chi connectivity index (χ4v) is 4.04. The highest BCUT2D eigenvalue weighted by atomic mass is 32.2. The van der Waals surface area contributed by atoms with Gasteiger partial charge in [0.15, 0.2) is 0 Å². The van der Waals surface area contributed by atoms with E-state index >= 15 is 0 Å². The van der Waals surface area contributed by atoms with Gasteiger partial charge in [-0.3, -0.25) is 0 Å². The number of nitrogens with one attached hydrogen (secondary N) is 1. The Morgan fingerprint density at radius 3 is 2.57 bits per heavy atom. The summed E-state index contributed by atoms with van der Waals surface area (Å²) < 4.78 is 22.4. The number of aliphatic hydroxyl groups is 1. The van der Waals surface area contributed by atoms with Gasteiger partial charge in [0.1, 0.15) is 9.84 Å². The Labute approximate surface area is 130 Å². The Bertz CT molecular complexity index is 411. The van der Waals surface area contributed by atoms with Crippen molar-refractivity contribution < 1.29 is 13.5 Å². The van der Waals surface area contributed by atoms with Crippen LogP contribution >= 0.6 is 0 Å². The Morgan fingerprint density at radius 1 is 1.38 bits per heavy atom. The Kier molecular flexibility index (Phi) is 7.10. The number of rotatable bonds is 9. The highest BCUT2D eigenvalue weighted by Gasteiger charge is 2.42. The van der Waals surface area contributed by atoms with E-state index < -0.39 is 9.84 Å². The van der Waals surface area contributed by atoms with Crippen LogP contribution in [0.4, 0.5) is 0 Å². The molecular formula is C15H32N2O3S. The smallest absolute Gasteiger partial charge is 0.148 e. The van der Waals surface area contributed by atoms with E-state index in [9.17, 15) is 13.5 Å². The second kappa shape index (κ2) is 7.90. The molecule has 126 valence electrons. The highest BCUT2D eigenvalue weighted by molar-refractivity contribution is 7.90. The summed E-state index contributed by atoms with van der Waals surface area (Å²) in [5, 5.41) is 13.4. The molecule has 1 fully saturated rings. The molecule has 1 rings (SSSR count). The monoisotopic (exact) mass is 320 g/mol. The van der Waals surface area contributed by atoms with Crippen LogP contribution in [0.2, 0.25) is 0 Å². The maximum Gasteiger partial charge on any atom is 0.148 e. The molecule has 0 aliphatic heterocycles. The summed E-state index contributed by atoms with van der Waals surface area (Å²) in [6, 6.07) is 0.362. The molecule has 0 bridgehead atoms. The van der Waals surface area contributed by atoms with Gasteiger partial charge in [-0.2, -0.15) is 0 Å². The first-order valence-electron chi connectivity index (χ1n) is 7.93. The minimum absolute atomic E-state index is 0.147. The van der Waals surface area contributed by atoms with Crippen LogP contribution in [0.15, 0.2) is 0 Å². The molecule has 0 aromatic carbocycles. The molecule has 0 spiro atoms. The number of aliphatic hydroxyl groups excluding tert-OH is 1. The number of hydrogen-bond acceptors (Lipinski definition) is 5. The van der Waals surface area contributed by atoms with E-state index in [4.69, 9.17) is 0 Å². The molecule has 0 saturated heterocycles. The fourth-order valence-electron chi connectivity index (χ4n) is 3.39. The quantitative estimate of drug-likeness (QED) is 0.660. The summed E-state index contributed by atoms with van der Waals surface area (Å²) in [4.78, 5) is 2.08. The summed E-state index contributed by atoms with van der Waals surface area (Å²) in [6.07, 6.45) is 5.60. The maximum atomic E-state index is 11.2. The zero-order chi connectivity index (χ0) is 16.1. The summed E-state index contributed by atoms with van der Waals surface area (Å²) in [5.74, 6) is 0.675. The van der Waals surface area contributed by atoms with Crippen molar-refractivity contribution in [3.05, 3.63) is 0 Å². The van der Waals surface area contributed by atoms with Crippen LogP contribution in [0, 0.1) is 5.92 Å². The van der Waals surface area contributed by atoms with Crippen molar-refractivity contribution in [3.8, 4) is 0 Å². The van der Waals surface area contributed by atoms with Crippen molar-refractivity contribution in [1.29, 1.82) is 0 Å². The van der Waals surface area contributed by atoms with Gasteiger partial charge in [-0.15, -0.1) is 0 Å². The number of hydrogen-bond donors (Lipinski definition) is 2. The summed E-state index contributed by atoms with van der Waals surface area (Å²) in [5.41, 5.74) is -0.147. The minimum atomic E-state index is -2.89. The zero-order valence-electron chi connectivity index (χ0n) is 13.9. The van der Waals surface area contributed by atoms with Gasteiger partial charge in [0, 0.05) is 24.4 Å². The second-order valence-corrected chi connectivity index (χ2v) is 9.18. The molecule has 6 heteroatoms. The molecule has 2 atom stereocenters. The SMILES string of the molecule is CC(C)NC1(CO)CCCC1CCN(C)CCS(C)(=O)=O. The zero-order valence-corrected chi connectivity index (χ0v) is 14.7. The van der Waals surface area contributed by atoms with Gasteiger partial charge in [0.2, 0.25) is 0 Å². The van der Waals surface area contributed by atoms with Gasteiger partial charge >= 0.3 is 0 Å². The first-order chi connectivity index (χ1) is 9.68. The first-order valence-corrected chi connectivity index (χ1v) is 9.99. The fraction of sp³-hybridized carbons (Fsp3) is 1.00. The maximum absolute atomic E-state index is 11.2. The van der Waals surface area contributed by atoms with Crippen LogP contribution < -0.4 is 5.32 Å². The van der Waals surface area contributed by atoms with Crippen molar-refractivity contribution in [2.45, 2.75) is 51.1 Å². The molecule has 0 heterocycles. The van der Waals surface area contributed by atoms with Crippen LogP contribution in [-0.2, 0) is 9.84 Å². The average molecular weight is 320 g/mol. The molecular weight excluding hydrogens is 288 g/mol. The van der Waals surface area contributed by atoms with Gasteiger partial charge in [-0.25, -0.2) is 8.42 Å². The first kappa shape index (κ1) is 18.9. The highest BCUT2D eigenvalue weighted by Crippen LogP contribution is 2.38. The molecule has 2 unspecified atom stereocenters. The third kappa shape index (κ3) is 6.22. The van der Waals surface area contributed by atoms with Gasteiger partial charge in [-0.1, -0.05) is 20.3 Å². The Hall–Kier alpha value is -0.170. The standard InChI is InChI=1S/C15H32N2O3S/c1-13(2)16-15(12-18)8-5-6-14(15)7-9-17(3)10-11-21(4,19)20/h13-14,16,18H,5-12H2,1-4H3.